The SMILES string of the molecule is CC(=O)NC(C)c1ccc2nc(-c3ccc(Oc4cccc(OCC5CC5)c4)cc3)oc2c1F. The summed E-state index contributed by atoms with van der Waals surface area (Å²) in [5.74, 6) is 2.36. The Kier molecular flexibility index (Phi) is 5.92. The third-order valence-electron chi connectivity index (χ3n) is 5.74. The molecule has 0 bridgehead atoms. The van der Waals surface area contributed by atoms with Crippen molar-refractivity contribution in [1.82, 2.24) is 10.3 Å². The number of nitrogens with zero attached hydrogens (tertiary/aromatic N) is 1. The number of hydrogen-bond acceptors (Lipinski definition) is 5. The monoisotopic (exact) mass is 460 g/mol. The molecule has 34 heavy (non-hydrogen) atoms. The van der Waals surface area contributed by atoms with Crippen LogP contribution in [0.3, 0.4) is 0 Å². The molecular weight excluding hydrogens is 435 g/mol. The zero-order valence-electron chi connectivity index (χ0n) is 19.0. The van der Waals surface area contributed by atoms with E-state index in [9.17, 15) is 4.79 Å². The zero-order chi connectivity index (χ0) is 23.7. The topological polar surface area (TPSA) is 73.6 Å². The van der Waals surface area contributed by atoms with Crippen molar-refractivity contribution in [1.29, 1.82) is 0 Å². The molecule has 0 spiro atoms. The van der Waals surface area contributed by atoms with Crippen molar-refractivity contribution in [2.75, 3.05) is 6.61 Å². The van der Waals surface area contributed by atoms with Gasteiger partial charge >= 0.3 is 0 Å². The smallest absolute Gasteiger partial charge is 0.227 e. The van der Waals surface area contributed by atoms with Gasteiger partial charge in [0.25, 0.3) is 0 Å². The van der Waals surface area contributed by atoms with Crippen molar-refractivity contribution in [3.63, 3.8) is 0 Å². The van der Waals surface area contributed by atoms with Crippen molar-refractivity contribution < 1.29 is 23.1 Å². The molecule has 1 amide bonds. The third kappa shape index (κ3) is 4.88. The van der Waals surface area contributed by atoms with Crippen LogP contribution in [-0.4, -0.2) is 17.5 Å². The Morgan fingerprint density at radius 3 is 2.62 bits per heavy atom. The molecule has 1 unspecified atom stereocenters. The van der Waals surface area contributed by atoms with Gasteiger partial charge in [0.2, 0.25) is 11.8 Å². The number of carbonyl (C=O) groups is 1. The number of ether oxygens (including phenoxy) is 2. The first kappa shape index (κ1) is 21.9. The van der Waals surface area contributed by atoms with E-state index in [1.165, 1.54) is 19.8 Å². The Bertz CT molecular complexity index is 1330. The quantitative estimate of drug-likeness (QED) is 0.329. The highest BCUT2D eigenvalue weighted by atomic mass is 19.1. The fourth-order valence-corrected chi connectivity index (χ4v) is 3.74. The van der Waals surface area contributed by atoms with Gasteiger partial charge in [0.15, 0.2) is 11.4 Å². The molecule has 4 aromatic rings. The van der Waals surface area contributed by atoms with Crippen LogP contribution in [0.4, 0.5) is 4.39 Å². The van der Waals surface area contributed by atoms with E-state index in [4.69, 9.17) is 13.9 Å². The molecule has 0 aliphatic heterocycles. The molecule has 1 atom stereocenters. The van der Waals surface area contributed by atoms with Crippen LogP contribution in [0.5, 0.6) is 17.2 Å². The molecular formula is C27H25FN2O4. The van der Waals surface area contributed by atoms with E-state index in [0.717, 1.165) is 12.4 Å². The highest BCUT2D eigenvalue weighted by Crippen LogP contribution is 2.33. The lowest BCUT2D eigenvalue weighted by molar-refractivity contribution is -0.119. The molecule has 3 aromatic carbocycles. The Balaban J connectivity index is 1.32. The van der Waals surface area contributed by atoms with Gasteiger partial charge in [0.1, 0.15) is 22.8 Å². The molecule has 1 fully saturated rings. The number of fused-ring (bicyclic) bond motifs is 1. The number of nitrogens with one attached hydrogen (secondary N) is 1. The van der Waals surface area contributed by atoms with Gasteiger partial charge in [-0.15, -0.1) is 0 Å². The summed E-state index contributed by atoms with van der Waals surface area (Å²) < 4.78 is 32.5. The lowest BCUT2D eigenvalue weighted by Crippen LogP contribution is -2.24. The highest BCUT2D eigenvalue weighted by molar-refractivity contribution is 5.78. The van der Waals surface area contributed by atoms with E-state index in [0.29, 0.717) is 40.0 Å². The Labute approximate surface area is 196 Å². The summed E-state index contributed by atoms with van der Waals surface area (Å²) in [6.07, 6.45) is 2.49. The van der Waals surface area contributed by atoms with Crippen LogP contribution >= 0.6 is 0 Å². The van der Waals surface area contributed by atoms with Gasteiger partial charge in [-0.3, -0.25) is 4.79 Å². The molecule has 7 heteroatoms. The lowest BCUT2D eigenvalue weighted by atomic mass is 10.1. The minimum atomic E-state index is -0.527. The second-order valence-electron chi connectivity index (χ2n) is 8.61. The Morgan fingerprint density at radius 2 is 1.88 bits per heavy atom. The van der Waals surface area contributed by atoms with Crippen LogP contribution in [0.15, 0.2) is 65.1 Å². The van der Waals surface area contributed by atoms with Gasteiger partial charge in [-0.2, -0.15) is 0 Å². The van der Waals surface area contributed by atoms with Crippen molar-refractivity contribution >= 4 is 17.0 Å². The normalized spacial score (nSPS) is 14.1. The van der Waals surface area contributed by atoms with E-state index < -0.39 is 11.9 Å². The van der Waals surface area contributed by atoms with Gasteiger partial charge in [-0.1, -0.05) is 12.1 Å². The van der Waals surface area contributed by atoms with Crippen molar-refractivity contribution in [3.05, 3.63) is 72.0 Å². The number of rotatable bonds is 8. The first-order valence-corrected chi connectivity index (χ1v) is 11.3. The predicted octanol–water partition coefficient (Wildman–Crippen LogP) is 6.41. The molecule has 1 heterocycles. The number of halogens is 1. The highest BCUT2D eigenvalue weighted by Gasteiger charge is 2.22. The molecule has 5 rings (SSSR count). The Morgan fingerprint density at radius 1 is 1.12 bits per heavy atom. The minimum Gasteiger partial charge on any atom is -0.493 e. The summed E-state index contributed by atoms with van der Waals surface area (Å²) in [6, 6.07) is 17.6. The molecule has 1 aliphatic rings. The molecule has 6 nitrogen and oxygen atoms in total. The molecule has 0 radical (unpaired) electrons. The number of benzene rings is 3. The van der Waals surface area contributed by atoms with Gasteiger partial charge in [-0.25, -0.2) is 9.37 Å². The van der Waals surface area contributed by atoms with Gasteiger partial charge in [0, 0.05) is 24.1 Å². The molecule has 1 aliphatic carbocycles. The first-order chi connectivity index (χ1) is 16.5. The number of amides is 1. The largest absolute Gasteiger partial charge is 0.493 e. The van der Waals surface area contributed by atoms with Crippen LogP contribution < -0.4 is 14.8 Å². The number of carbonyl (C=O) groups excluding carboxylic acids is 1. The van der Waals surface area contributed by atoms with E-state index in [1.807, 2.05) is 48.5 Å². The van der Waals surface area contributed by atoms with Crippen LogP contribution in [-0.2, 0) is 4.79 Å². The number of hydrogen-bond donors (Lipinski definition) is 1. The average Bonchev–Trinajstić information content (AvgIpc) is 3.54. The van der Waals surface area contributed by atoms with Crippen molar-refractivity contribution in [2.45, 2.75) is 32.7 Å². The second-order valence-corrected chi connectivity index (χ2v) is 8.61. The molecule has 1 saturated carbocycles. The molecule has 0 saturated heterocycles. The van der Waals surface area contributed by atoms with E-state index in [-0.39, 0.29) is 11.5 Å². The summed E-state index contributed by atoms with van der Waals surface area (Å²) in [4.78, 5) is 15.7. The van der Waals surface area contributed by atoms with Gasteiger partial charge in [0.05, 0.1) is 12.6 Å². The van der Waals surface area contributed by atoms with Crippen molar-refractivity contribution in [3.8, 4) is 28.7 Å². The standard InChI is InChI=1S/C27H25FN2O4/c1-16(29-17(2)31)23-12-13-24-26(25(23)28)34-27(30-24)19-8-10-20(11-9-19)33-22-5-3-4-21(14-22)32-15-18-6-7-18/h3-5,8-14,16,18H,6-7,15H2,1-2H3,(H,29,31). The first-order valence-electron chi connectivity index (χ1n) is 11.3. The maximum absolute atomic E-state index is 15.0. The summed E-state index contributed by atoms with van der Waals surface area (Å²) >= 11 is 0. The average molecular weight is 461 g/mol. The number of oxazole rings is 1. The predicted molar refractivity (Wildman–Crippen MR) is 126 cm³/mol. The van der Waals surface area contributed by atoms with E-state index >= 15 is 4.39 Å². The number of aromatic nitrogens is 1. The van der Waals surface area contributed by atoms with Crippen LogP contribution in [0, 0.1) is 11.7 Å². The van der Waals surface area contributed by atoms with Gasteiger partial charge < -0.3 is 19.2 Å². The minimum absolute atomic E-state index is 0.0630. The Hall–Kier alpha value is -3.87. The fourth-order valence-electron chi connectivity index (χ4n) is 3.74. The summed E-state index contributed by atoms with van der Waals surface area (Å²) in [5, 5.41) is 2.68. The summed E-state index contributed by atoms with van der Waals surface area (Å²) in [5.41, 5.74) is 1.51. The van der Waals surface area contributed by atoms with Crippen LogP contribution in [0.25, 0.3) is 22.6 Å². The molecule has 174 valence electrons. The summed E-state index contributed by atoms with van der Waals surface area (Å²) in [6.45, 7) is 3.86. The van der Waals surface area contributed by atoms with E-state index in [1.54, 1.807) is 19.1 Å². The third-order valence-corrected chi connectivity index (χ3v) is 5.74. The lowest BCUT2D eigenvalue weighted by Gasteiger charge is -2.13. The van der Waals surface area contributed by atoms with E-state index in [2.05, 4.69) is 10.3 Å². The fraction of sp³-hybridized carbons (Fsp3) is 0.259. The van der Waals surface area contributed by atoms with Gasteiger partial charge in [-0.05, 0) is 68.1 Å². The van der Waals surface area contributed by atoms with Crippen molar-refractivity contribution in [2.24, 2.45) is 5.92 Å². The second kappa shape index (κ2) is 9.17. The van der Waals surface area contributed by atoms with Crippen LogP contribution in [0.1, 0.15) is 38.3 Å². The molecule has 1 aromatic heterocycles. The zero-order valence-corrected chi connectivity index (χ0v) is 19.0. The maximum Gasteiger partial charge on any atom is 0.227 e. The summed E-state index contributed by atoms with van der Waals surface area (Å²) in [7, 11) is 0. The van der Waals surface area contributed by atoms with Crippen LogP contribution in [0.2, 0.25) is 0 Å². The molecule has 1 N–H and O–H groups in total. The maximum atomic E-state index is 15.0.